The molecule has 2 rings (SSSR count). The zero-order valence-corrected chi connectivity index (χ0v) is 10.2. The molecule has 0 bridgehead atoms. The highest BCUT2D eigenvalue weighted by atomic mass is 16.6. The SMILES string of the molecule is NCCC1CCCN(c2ncc([N+](=O)[O-])cn2)C1. The minimum absolute atomic E-state index is 0.0748. The molecule has 1 aliphatic heterocycles. The van der Waals surface area contributed by atoms with E-state index in [1.54, 1.807) is 0 Å². The second kappa shape index (κ2) is 5.72. The lowest BCUT2D eigenvalue weighted by molar-refractivity contribution is -0.385. The maximum Gasteiger partial charge on any atom is 0.305 e. The van der Waals surface area contributed by atoms with Crippen LogP contribution in [0.2, 0.25) is 0 Å². The van der Waals surface area contributed by atoms with Crippen molar-refractivity contribution in [3.8, 4) is 0 Å². The Kier molecular flexibility index (Phi) is 4.03. The van der Waals surface area contributed by atoms with Crippen LogP contribution in [0, 0.1) is 16.0 Å². The Morgan fingerprint density at radius 1 is 1.50 bits per heavy atom. The van der Waals surface area contributed by atoms with Crippen LogP contribution in [-0.4, -0.2) is 34.5 Å². The average Bonchev–Trinajstić information content (AvgIpc) is 2.39. The molecule has 7 nitrogen and oxygen atoms in total. The molecule has 18 heavy (non-hydrogen) atoms. The molecule has 7 heteroatoms. The monoisotopic (exact) mass is 251 g/mol. The minimum Gasteiger partial charge on any atom is -0.341 e. The Hall–Kier alpha value is -1.76. The Morgan fingerprint density at radius 2 is 2.22 bits per heavy atom. The molecule has 0 aliphatic carbocycles. The third-order valence-electron chi connectivity index (χ3n) is 3.21. The third-order valence-corrected chi connectivity index (χ3v) is 3.21. The van der Waals surface area contributed by atoms with E-state index in [2.05, 4.69) is 14.9 Å². The van der Waals surface area contributed by atoms with Crippen molar-refractivity contribution in [1.82, 2.24) is 9.97 Å². The summed E-state index contributed by atoms with van der Waals surface area (Å²) in [4.78, 5) is 20.2. The Labute approximate surface area is 105 Å². The number of anilines is 1. The summed E-state index contributed by atoms with van der Waals surface area (Å²) in [6.07, 6.45) is 5.79. The lowest BCUT2D eigenvalue weighted by Crippen LogP contribution is -2.37. The van der Waals surface area contributed by atoms with Crippen LogP contribution in [-0.2, 0) is 0 Å². The van der Waals surface area contributed by atoms with Crippen LogP contribution in [0.15, 0.2) is 12.4 Å². The van der Waals surface area contributed by atoms with Gasteiger partial charge in [-0.25, -0.2) is 9.97 Å². The Morgan fingerprint density at radius 3 is 2.83 bits per heavy atom. The summed E-state index contributed by atoms with van der Waals surface area (Å²) in [6.45, 7) is 2.48. The summed E-state index contributed by atoms with van der Waals surface area (Å²) in [5.41, 5.74) is 5.50. The van der Waals surface area contributed by atoms with Gasteiger partial charge in [-0.1, -0.05) is 0 Å². The molecule has 0 aromatic carbocycles. The molecule has 1 aromatic rings. The minimum atomic E-state index is -0.489. The lowest BCUT2D eigenvalue weighted by atomic mass is 9.95. The van der Waals surface area contributed by atoms with Crippen molar-refractivity contribution in [2.75, 3.05) is 24.5 Å². The number of piperidine rings is 1. The van der Waals surface area contributed by atoms with Crippen molar-refractivity contribution in [1.29, 1.82) is 0 Å². The lowest BCUT2D eigenvalue weighted by Gasteiger charge is -2.32. The maximum absolute atomic E-state index is 10.5. The maximum atomic E-state index is 10.5. The predicted molar refractivity (Wildman–Crippen MR) is 67.3 cm³/mol. The van der Waals surface area contributed by atoms with Crippen LogP contribution in [0.4, 0.5) is 11.6 Å². The number of nitrogens with two attached hydrogens (primary N) is 1. The van der Waals surface area contributed by atoms with E-state index in [1.807, 2.05) is 0 Å². The molecular weight excluding hydrogens is 234 g/mol. The number of rotatable bonds is 4. The zero-order chi connectivity index (χ0) is 13.0. The molecule has 0 saturated carbocycles. The van der Waals surface area contributed by atoms with E-state index in [9.17, 15) is 10.1 Å². The highest BCUT2D eigenvalue weighted by Gasteiger charge is 2.21. The van der Waals surface area contributed by atoms with Gasteiger partial charge in [0.1, 0.15) is 12.4 Å². The van der Waals surface area contributed by atoms with Gasteiger partial charge in [-0.3, -0.25) is 10.1 Å². The van der Waals surface area contributed by atoms with E-state index in [0.29, 0.717) is 18.4 Å². The van der Waals surface area contributed by atoms with Crippen molar-refractivity contribution in [2.45, 2.75) is 19.3 Å². The van der Waals surface area contributed by atoms with Crippen molar-refractivity contribution in [2.24, 2.45) is 11.7 Å². The fourth-order valence-electron chi connectivity index (χ4n) is 2.29. The Bertz CT molecular complexity index is 406. The van der Waals surface area contributed by atoms with E-state index in [0.717, 1.165) is 25.9 Å². The van der Waals surface area contributed by atoms with Crippen molar-refractivity contribution in [3.05, 3.63) is 22.5 Å². The van der Waals surface area contributed by atoms with Crippen LogP contribution in [0.3, 0.4) is 0 Å². The summed E-state index contributed by atoms with van der Waals surface area (Å²) in [5, 5.41) is 10.5. The van der Waals surface area contributed by atoms with Gasteiger partial charge in [0.05, 0.1) is 4.92 Å². The Balaban J connectivity index is 2.04. The van der Waals surface area contributed by atoms with Crippen LogP contribution < -0.4 is 10.6 Å². The summed E-state index contributed by atoms with van der Waals surface area (Å²) in [5.74, 6) is 1.14. The summed E-state index contributed by atoms with van der Waals surface area (Å²) in [7, 11) is 0. The van der Waals surface area contributed by atoms with Gasteiger partial charge >= 0.3 is 5.69 Å². The number of hydrogen-bond donors (Lipinski definition) is 1. The largest absolute Gasteiger partial charge is 0.341 e. The van der Waals surface area contributed by atoms with Crippen LogP contribution in [0.5, 0.6) is 0 Å². The summed E-state index contributed by atoms with van der Waals surface area (Å²) < 4.78 is 0. The first-order chi connectivity index (χ1) is 8.70. The molecule has 1 unspecified atom stereocenters. The fourth-order valence-corrected chi connectivity index (χ4v) is 2.29. The molecule has 2 N–H and O–H groups in total. The van der Waals surface area contributed by atoms with Crippen LogP contribution >= 0.6 is 0 Å². The van der Waals surface area contributed by atoms with Gasteiger partial charge < -0.3 is 10.6 Å². The number of aromatic nitrogens is 2. The van der Waals surface area contributed by atoms with Crippen LogP contribution in [0.25, 0.3) is 0 Å². The molecule has 1 saturated heterocycles. The van der Waals surface area contributed by atoms with Crippen molar-refractivity contribution < 1.29 is 4.92 Å². The number of nitrogens with zero attached hydrogens (tertiary/aromatic N) is 4. The topological polar surface area (TPSA) is 98.2 Å². The molecule has 2 heterocycles. The first-order valence-corrected chi connectivity index (χ1v) is 6.12. The smallest absolute Gasteiger partial charge is 0.305 e. The number of hydrogen-bond acceptors (Lipinski definition) is 6. The van der Waals surface area contributed by atoms with E-state index >= 15 is 0 Å². The molecule has 1 aliphatic rings. The van der Waals surface area contributed by atoms with Crippen molar-refractivity contribution >= 4 is 11.6 Å². The van der Waals surface area contributed by atoms with Gasteiger partial charge in [-0.05, 0) is 31.7 Å². The standard InChI is InChI=1S/C11H17N5O2/c12-4-3-9-2-1-5-15(8-9)11-13-6-10(7-14-11)16(17)18/h6-7,9H,1-5,8,12H2. The van der Waals surface area contributed by atoms with E-state index in [4.69, 9.17) is 5.73 Å². The fraction of sp³-hybridized carbons (Fsp3) is 0.636. The molecule has 0 radical (unpaired) electrons. The molecule has 1 aromatic heterocycles. The van der Waals surface area contributed by atoms with E-state index < -0.39 is 4.92 Å². The van der Waals surface area contributed by atoms with Gasteiger partial charge in [-0.15, -0.1) is 0 Å². The zero-order valence-electron chi connectivity index (χ0n) is 10.2. The van der Waals surface area contributed by atoms with Gasteiger partial charge in [0.2, 0.25) is 5.95 Å². The quantitative estimate of drug-likeness (QED) is 0.632. The normalized spacial score (nSPS) is 19.8. The highest BCUT2D eigenvalue weighted by Crippen LogP contribution is 2.22. The highest BCUT2D eigenvalue weighted by molar-refractivity contribution is 5.34. The first-order valence-electron chi connectivity index (χ1n) is 6.12. The molecule has 0 amide bonds. The average molecular weight is 251 g/mol. The predicted octanol–water partition coefficient (Wildman–Crippen LogP) is 0.950. The van der Waals surface area contributed by atoms with E-state index in [-0.39, 0.29) is 5.69 Å². The second-order valence-corrected chi connectivity index (χ2v) is 4.53. The van der Waals surface area contributed by atoms with Gasteiger partial charge in [0.15, 0.2) is 0 Å². The summed E-state index contributed by atoms with van der Waals surface area (Å²) in [6, 6.07) is 0. The third kappa shape index (κ3) is 2.92. The summed E-state index contributed by atoms with van der Waals surface area (Å²) >= 11 is 0. The molecule has 0 spiro atoms. The van der Waals surface area contributed by atoms with Crippen LogP contribution in [0.1, 0.15) is 19.3 Å². The second-order valence-electron chi connectivity index (χ2n) is 4.53. The molecule has 1 fully saturated rings. The molecular formula is C11H17N5O2. The van der Waals surface area contributed by atoms with Gasteiger partial charge in [0, 0.05) is 13.1 Å². The van der Waals surface area contributed by atoms with E-state index in [1.165, 1.54) is 18.8 Å². The van der Waals surface area contributed by atoms with Gasteiger partial charge in [-0.2, -0.15) is 0 Å². The van der Waals surface area contributed by atoms with Crippen molar-refractivity contribution in [3.63, 3.8) is 0 Å². The first kappa shape index (κ1) is 12.7. The molecule has 1 atom stereocenters. The number of nitro groups is 1. The van der Waals surface area contributed by atoms with Gasteiger partial charge in [0.25, 0.3) is 0 Å². The molecule has 98 valence electrons.